The Kier molecular flexibility index (Phi) is 4.50. The number of anilines is 1. The summed E-state index contributed by atoms with van der Waals surface area (Å²) >= 11 is 0. The predicted octanol–water partition coefficient (Wildman–Crippen LogP) is 1.57. The monoisotopic (exact) mass is 255 g/mol. The highest BCUT2D eigenvalue weighted by atomic mass is 16.1. The Morgan fingerprint density at radius 2 is 1.95 bits per heavy atom. The van der Waals surface area contributed by atoms with Gasteiger partial charge in [0.05, 0.1) is 6.42 Å². The average Bonchev–Trinajstić information content (AvgIpc) is 2.43. The zero-order valence-electron chi connectivity index (χ0n) is 10.7. The average molecular weight is 255 g/mol. The van der Waals surface area contributed by atoms with Crippen LogP contribution in [0.4, 0.5) is 5.69 Å². The Labute approximate surface area is 112 Å². The SMILES string of the molecule is Nc1ccc(CC(=O)NCCc2ccccn2)cc1. The Morgan fingerprint density at radius 3 is 2.63 bits per heavy atom. The third-order valence-electron chi connectivity index (χ3n) is 2.77. The fraction of sp³-hybridized carbons (Fsp3) is 0.200. The maximum Gasteiger partial charge on any atom is 0.224 e. The molecule has 98 valence electrons. The number of benzene rings is 1. The maximum absolute atomic E-state index is 11.7. The van der Waals surface area contributed by atoms with E-state index < -0.39 is 0 Å². The van der Waals surface area contributed by atoms with Crippen LogP contribution in [0.25, 0.3) is 0 Å². The van der Waals surface area contributed by atoms with Gasteiger partial charge in [-0.2, -0.15) is 0 Å². The Hall–Kier alpha value is -2.36. The van der Waals surface area contributed by atoms with Crippen LogP contribution in [0.3, 0.4) is 0 Å². The van der Waals surface area contributed by atoms with E-state index >= 15 is 0 Å². The molecule has 4 heteroatoms. The van der Waals surface area contributed by atoms with Crippen molar-refractivity contribution in [3.05, 3.63) is 59.9 Å². The van der Waals surface area contributed by atoms with Crippen molar-refractivity contribution in [2.24, 2.45) is 0 Å². The molecular weight excluding hydrogens is 238 g/mol. The van der Waals surface area contributed by atoms with Crippen molar-refractivity contribution in [3.63, 3.8) is 0 Å². The fourth-order valence-electron chi connectivity index (χ4n) is 1.76. The van der Waals surface area contributed by atoms with Gasteiger partial charge in [-0.1, -0.05) is 18.2 Å². The second kappa shape index (κ2) is 6.54. The Balaban J connectivity index is 1.74. The molecule has 0 bridgehead atoms. The molecule has 0 unspecified atom stereocenters. The van der Waals surface area contributed by atoms with Gasteiger partial charge in [-0.3, -0.25) is 9.78 Å². The normalized spacial score (nSPS) is 10.1. The zero-order valence-corrected chi connectivity index (χ0v) is 10.7. The minimum absolute atomic E-state index is 0.0145. The molecule has 0 spiro atoms. The van der Waals surface area contributed by atoms with E-state index in [1.807, 2.05) is 30.3 Å². The van der Waals surface area contributed by atoms with E-state index in [0.717, 1.165) is 17.7 Å². The van der Waals surface area contributed by atoms with E-state index in [1.165, 1.54) is 0 Å². The van der Waals surface area contributed by atoms with Crippen molar-refractivity contribution >= 4 is 11.6 Å². The smallest absolute Gasteiger partial charge is 0.224 e. The third kappa shape index (κ3) is 4.43. The molecule has 2 rings (SSSR count). The second-order valence-electron chi connectivity index (χ2n) is 4.34. The molecule has 0 aliphatic rings. The lowest BCUT2D eigenvalue weighted by atomic mass is 10.1. The van der Waals surface area contributed by atoms with Gasteiger partial charge in [0.15, 0.2) is 0 Å². The Bertz CT molecular complexity index is 523. The number of aromatic nitrogens is 1. The first-order chi connectivity index (χ1) is 9.24. The van der Waals surface area contributed by atoms with E-state index in [9.17, 15) is 4.79 Å². The van der Waals surface area contributed by atoms with Gasteiger partial charge in [0, 0.05) is 30.5 Å². The van der Waals surface area contributed by atoms with Gasteiger partial charge >= 0.3 is 0 Å². The fourth-order valence-corrected chi connectivity index (χ4v) is 1.76. The van der Waals surface area contributed by atoms with Crippen LogP contribution in [-0.2, 0) is 17.6 Å². The van der Waals surface area contributed by atoms with Gasteiger partial charge in [-0.05, 0) is 29.8 Å². The molecule has 0 atom stereocenters. The number of hydrogen-bond acceptors (Lipinski definition) is 3. The van der Waals surface area contributed by atoms with Crippen LogP contribution in [0.15, 0.2) is 48.7 Å². The molecule has 1 amide bonds. The first-order valence-corrected chi connectivity index (χ1v) is 6.25. The molecule has 3 N–H and O–H groups in total. The van der Waals surface area contributed by atoms with Crippen LogP contribution in [0, 0.1) is 0 Å². The second-order valence-corrected chi connectivity index (χ2v) is 4.34. The molecular formula is C15H17N3O. The van der Waals surface area contributed by atoms with Crippen molar-refractivity contribution in [2.75, 3.05) is 12.3 Å². The number of nitrogen functional groups attached to an aromatic ring is 1. The summed E-state index contributed by atoms with van der Waals surface area (Å²) in [6, 6.07) is 13.1. The van der Waals surface area contributed by atoms with Crippen molar-refractivity contribution < 1.29 is 4.79 Å². The molecule has 4 nitrogen and oxygen atoms in total. The number of pyridine rings is 1. The molecule has 0 saturated heterocycles. The zero-order chi connectivity index (χ0) is 13.5. The number of nitrogens with one attached hydrogen (secondary N) is 1. The highest BCUT2D eigenvalue weighted by Gasteiger charge is 2.03. The van der Waals surface area contributed by atoms with Crippen molar-refractivity contribution in [3.8, 4) is 0 Å². The van der Waals surface area contributed by atoms with Gasteiger partial charge in [-0.15, -0.1) is 0 Å². The van der Waals surface area contributed by atoms with Crippen LogP contribution in [0.1, 0.15) is 11.3 Å². The van der Waals surface area contributed by atoms with Crippen LogP contribution in [0.2, 0.25) is 0 Å². The number of rotatable bonds is 5. The third-order valence-corrected chi connectivity index (χ3v) is 2.77. The lowest BCUT2D eigenvalue weighted by Crippen LogP contribution is -2.27. The summed E-state index contributed by atoms with van der Waals surface area (Å²) in [6.07, 6.45) is 2.88. The molecule has 1 heterocycles. The number of amides is 1. The first kappa shape index (κ1) is 13.1. The van der Waals surface area contributed by atoms with E-state index in [-0.39, 0.29) is 5.91 Å². The summed E-state index contributed by atoms with van der Waals surface area (Å²) in [4.78, 5) is 15.9. The van der Waals surface area contributed by atoms with E-state index in [4.69, 9.17) is 5.73 Å². The first-order valence-electron chi connectivity index (χ1n) is 6.25. The van der Waals surface area contributed by atoms with Crippen LogP contribution >= 0.6 is 0 Å². The number of nitrogens with zero attached hydrogens (tertiary/aromatic N) is 1. The molecule has 0 aliphatic carbocycles. The van der Waals surface area contributed by atoms with Crippen molar-refractivity contribution in [1.82, 2.24) is 10.3 Å². The summed E-state index contributed by atoms with van der Waals surface area (Å²) in [7, 11) is 0. The molecule has 0 fully saturated rings. The highest BCUT2D eigenvalue weighted by molar-refractivity contribution is 5.78. The quantitative estimate of drug-likeness (QED) is 0.797. The maximum atomic E-state index is 11.7. The molecule has 19 heavy (non-hydrogen) atoms. The van der Waals surface area contributed by atoms with Crippen LogP contribution in [-0.4, -0.2) is 17.4 Å². The van der Waals surface area contributed by atoms with E-state index in [2.05, 4.69) is 10.3 Å². The largest absolute Gasteiger partial charge is 0.399 e. The predicted molar refractivity (Wildman–Crippen MR) is 75.5 cm³/mol. The van der Waals surface area contributed by atoms with Gasteiger partial charge in [0.25, 0.3) is 0 Å². The lowest BCUT2D eigenvalue weighted by Gasteiger charge is -2.05. The van der Waals surface area contributed by atoms with Crippen LogP contribution in [0.5, 0.6) is 0 Å². The minimum Gasteiger partial charge on any atom is -0.399 e. The van der Waals surface area contributed by atoms with Crippen molar-refractivity contribution in [2.45, 2.75) is 12.8 Å². The van der Waals surface area contributed by atoms with E-state index in [0.29, 0.717) is 18.7 Å². The topological polar surface area (TPSA) is 68.0 Å². The minimum atomic E-state index is 0.0145. The van der Waals surface area contributed by atoms with Crippen molar-refractivity contribution in [1.29, 1.82) is 0 Å². The van der Waals surface area contributed by atoms with Gasteiger partial charge in [0.2, 0.25) is 5.91 Å². The molecule has 0 radical (unpaired) electrons. The summed E-state index contributed by atoms with van der Waals surface area (Å²) < 4.78 is 0. The lowest BCUT2D eigenvalue weighted by molar-refractivity contribution is -0.120. The molecule has 0 aliphatic heterocycles. The Morgan fingerprint density at radius 1 is 1.16 bits per heavy atom. The molecule has 2 aromatic rings. The number of nitrogens with two attached hydrogens (primary N) is 1. The summed E-state index contributed by atoms with van der Waals surface area (Å²) in [5.74, 6) is 0.0145. The molecule has 1 aromatic carbocycles. The standard InChI is InChI=1S/C15H17N3O/c16-13-6-4-12(5-7-13)11-15(19)18-10-8-14-3-1-2-9-17-14/h1-7,9H,8,10-11,16H2,(H,18,19). The van der Waals surface area contributed by atoms with E-state index in [1.54, 1.807) is 18.3 Å². The summed E-state index contributed by atoms with van der Waals surface area (Å²) in [5.41, 5.74) is 8.25. The summed E-state index contributed by atoms with van der Waals surface area (Å²) in [5, 5.41) is 2.88. The molecule has 1 aromatic heterocycles. The number of carbonyl (C=O) groups excluding carboxylic acids is 1. The van der Waals surface area contributed by atoms with Gasteiger partial charge in [-0.25, -0.2) is 0 Å². The van der Waals surface area contributed by atoms with Gasteiger partial charge in [0.1, 0.15) is 0 Å². The number of hydrogen-bond donors (Lipinski definition) is 2. The number of carbonyl (C=O) groups is 1. The van der Waals surface area contributed by atoms with Gasteiger partial charge < -0.3 is 11.1 Å². The van der Waals surface area contributed by atoms with Crippen LogP contribution < -0.4 is 11.1 Å². The summed E-state index contributed by atoms with van der Waals surface area (Å²) in [6.45, 7) is 0.602. The highest BCUT2D eigenvalue weighted by Crippen LogP contribution is 2.05. The molecule has 0 saturated carbocycles.